The maximum Gasteiger partial charge on any atom is 0.0279 e. The van der Waals surface area contributed by atoms with Crippen molar-refractivity contribution in [1.29, 1.82) is 0 Å². The molecule has 1 atom stereocenters. The van der Waals surface area contributed by atoms with Crippen LogP contribution in [0.3, 0.4) is 0 Å². The van der Waals surface area contributed by atoms with Crippen LogP contribution in [0, 0.1) is 0 Å². The number of rotatable bonds is 2. The normalized spacial score (nSPS) is 17.9. The van der Waals surface area contributed by atoms with Crippen molar-refractivity contribution in [1.82, 2.24) is 4.90 Å². The molecule has 0 amide bonds. The van der Waals surface area contributed by atoms with Crippen LogP contribution in [0.25, 0.3) is 0 Å². The zero-order valence-corrected chi connectivity index (χ0v) is 11.4. The van der Waals surface area contributed by atoms with E-state index in [0.29, 0.717) is 6.04 Å². The van der Waals surface area contributed by atoms with Gasteiger partial charge in [0.05, 0.1) is 0 Å². The number of nitrogens with zero attached hydrogens (tertiary/aromatic N) is 1. The van der Waals surface area contributed by atoms with Gasteiger partial charge in [-0.2, -0.15) is 0 Å². The molecule has 0 aromatic heterocycles. The molecule has 0 radical (unpaired) electrons. The minimum Gasteiger partial charge on any atom is -0.303 e. The molecule has 2 rings (SSSR count). The smallest absolute Gasteiger partial charge is 0.0279 e. The fraction of sp³-hybridized carbons (Fsp3) is 0.429. The van der Waals surface area contributed by atoms with Crippen molar-refractivity contribution in [3.63, 3.8) is 0 Å². The van der Waals surface area contributed by atoms with Gasteiger partial charge in [-0.05, 0) is 39.4 Å². The third-order valence-corrected chi connectivity index (χ3v) is 2.77. The zero-order valence-electron chi connectivity index (χ0n) is 10.3. The monoisotopic (exact) mass is 259 g/mol. The summed E-state index contributed by atoms with van der Waals surface area (Å²) >= 11 is 0. The van der Waals surface area contributed by atoms with Crippen LogP contribution >= 0.6 is 0 Å². The molecule has 1 nitrogen and oxygen atoms in total. The maximum absolute atomic E-state index is 2.23. The van der Waals surface area contributed by atoms with Crippen molar-refractivity contribution in [3.05, 3.63) is 48.1 Å². The van der Waals surface area contributed by atoms with Gasteiger partial charge in [0.1, 0.15) is 0 Å². The number of allylic oxidation sites excluding steroid dienone is 7. The van der Waals surface area contributed by atoms with Gasteiger partial charge < -0.3 is 4.90 Å². The Balaban J connectivity index is 0.000000318. The second-order valence-electron chi connectivity index (χ2n) is 4.11. The second kappa shape index (κ2) is 8.58. The summed E-state index contributed by atoms with van der Waals surface area (Å²) in [5, 5.41) is 0. The number of likely N-dealkylation sites (N-methyl/N-ethyl adjacent to an activating group) is 1. The van der Waals surface area contributed by atoms with E-state index in [1.54, 1.807) is 0 Å². The molecule has 2 aliphatic carbocycles. The van der Waals surface area contributed by atoms with Crippen molar-refractivity contribution in [3.8, 4) is 0 Å². The van der Waals surface area contributed by atoms with E-state index in [2.05, 4.69) is 68.5 Å². The van der Waals surface area contributed by atoms with Crippen LogP contribution in [0.4, 0.5) is 0 Å². The van der Waals surface area contributed by atoms with E-state index in [-0.39, 0.29) is 17.1 Å². The summed E-state index contributed by atoms with van der Waals surface area (Å²) < 4.78 is 0. The summed E-state index contributed by atoms with van der Waals surface area (Å²) in [5.74, 6) is 0. The van der Waals surface area contributed by atoms with Gasteiger partial charge in [0.25, 0.3) is 0 Å². The molecule has 2 aliphatic rings. The van der Waals surface area contributed by atoms with Crippen molar-refractivity contribution in [2.45, 2.75) is 25.8 Å². The summed E-state index contributed by atoms with van der Waals surface area (Å²) in [6, 6.07) is 0.593. The van der Waals surface area contributed by atoms with E-state index < -0.39 is 0 Å². The molecule has 0 aliphatic heterocycles. The van der Waals surface area contributed by atoms with E-state index in [1.807, 2.05) is 0 Å². The van der Waals surface area contributed by atoms with E-state index in [9.17, 15) is 0 Å². The van der Waals surface area contributed by atoms with Gasteiger partial charge in [0, 0.05) is 23.1 Å². The Kier molecular flexibility index (Phi) is 8.27. The molecule has 90 valence electrons. The van der Waals surface area contributed by atoms with Crippen LogP contribution in [0.2, 0.25) is 0 Å². The molecular formula is C14H21FeN. The molecule has 0 aromatic rings. The molecule has 0 fully saturated rings. The summed E-state index contributed by atoms with van der Waals surface area (Å²) in [7, 11) is 4.23. The van der Waals surface area contributed by atoms with Crippen LogP contribution in [0.5, 0.6) is 0 Å². The average Bonchev–Trinajstić information content (AvgIpc) is 2.92. The third-order valence-electron chi connectivity index (χ3n) is 2.77. The topological polar surface area (TPSA) is 3.24 Å². The Labute approximate surface area is 110 Å². The van der Waals surface area contributed by atoms with Gasteiger partial charge in [0.2, 0.25) is 0 Å². The summed E-state index contributed by atoms with van der Waals surface area (Å²) in [6.07, 6.45) is 17.2. The Morgan fingerprint density at radius 2 is 1.69 bits per heavy atom. The fourth-order valence-corrected chi connectivity index (χ4v) is 1.50. The van der Waals surface area contributed by atoms with Crippen LogP contribution in [0.15, 0.2) is 48.1 Å². The predicted molar refractivity (Wildman–Crippen MR) is 67.9 cm³/mol. The Hall–Kier alpha value is -0.561. The SMILES string of the molecule is C1=CCC=C1.C[C@@H](C1=CC=CC1)N(C)C.[Fe]. The largest absolute Gasteiger partial charge is 0.303 e. The first-order valence-corrected chi connectivity index (χ1v) is 5.55. The van der Waals surface area contributed by atoms with E-state index >= 15 is 0 Å². The Bertz CT molecular complexity index is 288. The molecule has 0 N–H and O–H groups in total. The van der Waals surface area contributed by atoms with E-state index in [0.717, 1.165) is 12.8 Å². The third kappa shape index (κ3) is 5.50. The van der Waals surface area contributed by atoms with Gasteiger partial charge in [-0.25, -0.2) is 0 Å². The van der Waals surface area contributed by atoms with Crippen LogP contribution in [-0.4, -0.2) is 25.0 Å². The number of hydrogen-bond acceptors (Lipinski definition) is 1. The molecule has 0 aromatic carbocycles. The fourth-order valence-electron chi connectivity index (χ4n) is 1.50. The van der Waals surface area contributed by atoms with Crippen LogP contribution < -0.4 is 0 Å². The van der Waals surface area contributed by atoms with Crippen molar-refractivity contribution in [2.75, 3.05) is 14.1 Å². The average molecular weight is 259 g/mol. The first kappa shape index (κ1) is 15.4. The minimum absolute atomic E-state index is 0. The molecule has 0 spiro atoms. The first-order chi connectivity index (χ1) is 7.22. The second-order valence-corrected chi connectivity index (χ2v) is 4.11. The van der Waals surface area contributed by atoms with Gasteiger partial charge in [-0.3, -0.25) is 0 Å². The summed E-state index contributed by atoms with van der Waals surface area (Å²) in [6.45, 7) is 2.23. The van der Waals surface area contributed by atoms with Gasteiger partial charge in [-0.1, -0.05) is 42.5 Å². The molecule has 2 heteroatoms. The number of hydrogen-bond donors (Lipinski definition) is 0. The van der Waals surface area contributed by atoms with Gasteiger partial charge in [-0.15, -0.1) is 0 Å². The summed E-state index contributed by atoms with van der Waals surface area (Å²) in [4.78, 5) is 2.23. The van der Waals surface area contributed by atoms with Crippen molar-refractivity contribution < 1.29 is 17.1 Å². The van der Waals surface area contributed by atoms with Gasteiger partial charge >= 0.3 is 0 Å². The maximum atomic E-state index is 2.23. The van der Waals surface area contributed by atoms with Crippen LogP contribution in [0.1, 0.15) is 19.8 Å². The van der Waals surface area contributed by atoms with E-state index in [1.165, 1.54) is 5.57 Å². The zero-order chi connectivity index (χ0) is 11.1. The van der Waals surface area contributed by atoms with Gasteiger partial charge in [0.15, 0.2) is 0 Å². The predicted octanol–water partition coefficient (Wildman–Crippen LogP) is 3.32. The first-order valence-electron chi connectivity index (χ1n) is 5.55. The molecule has 0 bridgehead atoms. The molecule has 0 unspecified atom stereocenters. The molecule has 16 heavy (non-hydrogen) atoms. The minimum atomic E-state index is 0. The standard InChI is InChI=1S/C9H15N.C5H6.Fe/c1-8(10(2)3)9-6-4-5-7-9;1-2-4-5-3-1;/h4-6,8H,7H2,1-3H3;1-4H,5H2;/t8-;;/m0../s1. The van der Waals surface area contributed by atoms with Crippen LogP contribution in [-0.2, 0) is 17.1 Å². The molecule has 0 saturated carbocycles. The molecule has 0 heterocycles. The van der Waals surface area contributed by atoms with E-state index in [4.69, 9.17) is 0 Å². The van der Waals surface area contributed by atoms with Crippen molar-refractivity contribution >= 4 is 0 Å². The Morgan fingerprint density at radius 3 is 2.00 bits per heavy atom. The Morgan fingerprint density at radius 1 is 1.06 bits per heavy atom. The summed E-state index contributed by atoms with van der Waals surface area (Å²) in [5.41, 5.74) is 1.52. The molecular weight excluding hydrogens is 238 g/mol. The van der Waals surface area contributed by atoms with Crippen molar-refractivity contribution in [2.24, 2.45) is 0 Å². The molecule has 0 saturated heterocycles. The quantitative estimate of drug-likeness (QED) is 0.687.